The van der Waals surface area contributed by atoms with Crippen LogP contribution in [0.2, 0.25) is 0 Å². The number of amides is 1. The van der Waals surface area contributed by atoms with Crippen LogP contribution in [0.5, 0.6) is 0 Å². The zero-order chi connectivity index (χ0) is 20.7. The van der Waals surface area contributed by atoms with E-state index in [2.05, 4.69) is 46.2 Å². The topological polar surface area (TPSA) is 72.4 Å². The minimum absolute atomic E-state index is 0. The Hall–Kier alpha value is -0.810. The maximum absolute atomic E-state index is 12.0. The van der Waals surface area contributed by atoms with Crippen molar-refractivity contribution >= 4 is 36.0 Å². The number of hydrogen-bond donors (Lipinski definition) is 2. The molecule has 29 heavy (non-hydrogen) atoms. The number of rotatable bonds is 5. The number of halogens is 1. The van der Waals surface area contributed by atoms with Gasteiger partial charge in [-0.3, -0.25) is 9.89 Å². The van der Waals surface area contributed by atoms with Gasteiger partial charge in [0.25, 0.3) is 0 Å². The number of likely N-dealkylation sites (tertiary alicyclic amines) is 1. The van der Waals surface area contributed by atoms with Crippen LogP contribution in [0, 0.1) is 0 Å². The van der Waals surface area contributed by atoms with Crippen LogP contribution in [0.1, 0.15) is 41.0 Å². The lowest BCUT2D eigenvalue weighted by atomic mass is 10.2. The monoisotopic (exact) mass is 524 g/mol. The summed E-state index contributed by atoms with van der Waals surface area (Å²) in [6, 6.07) is 0.523. The van der Waals surface area contributed by atoms with Gasteiger partial charge >= 0.3 is 6.09 Å². The lowest BCUT2D eigenvalue weighted by molar-refractivity contribution is 0.0507. The van der Waals surface area contributed by atoms with Crippen LogP contribution in [0.4, 0.5) is 4.79 Å². The molecule has 2 saturated heterocycles. The highest BCUT2D eigenvalue weighted by Crippen LogP contribution is 2.12. The molecular formula is C20H41IN6O2. The number of aliphatic imine (C=N–C) groups is 1. The Labute approximate surface area is 193 Å². The minimum atomic E-state index is -0.474. The predicted molar refractivity (Wildman–Crippen MR) is 129 cm³/mol. The summed E-state index contributed by atoms with van der Waals surface area (Å²) in [5.41, 5.74) is -0.474. The van der Waals surface area contributed by atoms with Crippen molar-refractivity contribution in [1.29, 1.82) is 0 Å². The van der Waals surface area contributed by atoms with E-state index < -0.39 is 5.60 Å². The van der Waals surface area contributed by atoms with Crippen LogP contribution >= 0.6 is 24.0 Å². The molecule has 0 bridgehead atoms. The maximum Gasteiger partial charge on any atom is 0.407 e. The SMILES string of the molecule is CCNC(=NCC(C)N1CCN(C)CC1)N1CCC(NC(=O)OC(C)(C)C)C1.I. The van der Waals surface area contributed by atoms with Gasteiger partial charge in [0.05, 0.1) is 12.6 Å². The lowest BCUT2D eigenvalue weighted by Gasteiger charge is -2.36. The minimum Gasteiger partial charge on any atom is -0.444 e. The smallest absolute Gasteiger partial charge is 0.407 e. The number of hydrogen-bond acceptors (Lipinski definition) is 5. The molecule has 9 heteroatoms. The molecule has 1 amide bonds. The number of guanidine groups is 1. The molecule has 0 saturated carbocycles. The van der Waals surface area contributed by atoms with Gasteiger partial charge in [0.15, 0.2) is 5.96 Å². The highest BCUT2D eigenvalue weighted by Gasteiger charge is 2.28. The average Bonchev–Trinajstić information content (AvgIpc) is 3.05. The van der Waals surface area contributed by atoms with E-state index in [-0.39, 0.29) is 36.1 Å². The van der Waals surface area contributed by atoms with Crippen LogP contribution in [-0.4, -0.2) is 104 Å². The van der Waals surface area contributed by atoms with Crippen LogP contribution in [-0.2, 0) is 4.74 Å². The second-order valence-electron chi connectivity index (χ2n) is 8.96. The number of nitrogens with zero attached hydrogens (tertiary/aromatic N) is 4. The summed E-state index contributed by atoms with van der Waals surface area (Å²) >= 11 is 0. The van der Waals surface area contributed by atoms with E-state index in [1.807, 2.05) is 20.8 Å². The Morgan fingerprint density at radius 3 is 2.45 bits per heavy atom. The molecule has 2 fully saturated rings. The van der Waals surface area contributed by atoms with Crippen LogP contribution in [0.15, 0.2) is 4.99 Å². The van der Waals surface area contributed by atoms with Gasteiger partial charge in [-0.1, -0.05) is 0 Å². The van der Waals surface area contributed by atoms with Crippen LogP contribution < -0.4 is 10.6 Å². The molecule has 0 radical (unpaired) electrons. The fraction of sp³-hybridized carbons (Fsp3) is 0.900. The third-order valence-corrected chi connectivity index (χ3v) is 5.21. The van der Waals surface area contributed by atoms with Crippen LogP contribution in [0.25, 0.3) is 0 Å². The first-order valence-electron chi connectivity index (χ1n) is 10.6. The van der Waals surface area contributed by atoms with E-state index in [9.17, 15) is 4.79 Å². The molecular weight excluding hydrogens is 483 g/mol. The third-order valence-electron chi connectivity index (χ3n) is 5.21. The first-order chi connectivity index (χ1) is 13.2. The summed E-state index contributed by atoms with van der Waals surface area (Å²) in [4.78, 5) is 24.0. The number of piperazine rings is 1. The summed E-state index contributed by atoms with van der Waals surface area (Å²) in [7, 11) is 2.18. The largest absolute Gasteiger partial charge is 0.444 e. The number of carbonyl (C=O) groups excluding carboxylic acids is 1. The molecule has 0 aliphatic carbocycles. The van der Waals surface area contributed by atoms with Gasteiger partial charge in [-0.15, -0.1) is 24.0 Å². The van der Waals surface area contributed by atoms with Crippen LogP contribution in [0.3, 0.4) is 0 Å². The molecule has 0 aromatic heterocycles. The van der Waals surface area contributed by atoms with Gasteiger partial charge < -0.3 is 25.2 Å². The second kappa shape index (κ2) is 12.1. The van der Waals surface area contributed by atoms with E-state index in [4.69, 9.17) is 9.73 Å². The molecule has 0 aromatic carbocycles. The predicted octanol–water partition coefficient (Wildman–Crippen LogP) is 1.80. The third kappa shape index (κ3) is 9.25. The molecule has 2 rings (SSSR count). The first-order valence-corrected chi connectivity index (χ1v) is 10.6. The van der Waals surface area contributed by atoms with Gasteiger partial charge in [0, 0.05) is 51.9 Å². The Morgan fingerprint density at radius 1 is 1.21 bits per heavy atom. The van der Waals surface area contributed by atoms with Crippen molar-refractivity contribution in [3.8, 4) is 0 Å². The van der Waals surface area contributed by atoms with Gasteiger partial charge in [0.1, 0.15) is 5.60 Å². The normalized spacial score (nSPS) is 22.8. The summed E-state index contributed by atoms with van der Waals surface area (Å²) in [5, 5.41) is 6.39. The zero-order valence-electron chi connectivity index (χ0n) is 19.0. The van der Waals surface area contributed by atoms with Crippen molar-refractivity contribution in [2.24, 2.45) is 4.99 Å². The molecule has 2 aliphatic rings. The fourth-order valence-electron chi connectivity index (χ4n) is 3.57. The van der Waals surface area contributed by atoms with Gasteiger partial charge in [-0.05, 0) is 48.1 Å². The van der Waals surface area contributed by atoms with Gasteiger partial charge in [-0.2, -0.15) is 0 Å². The van der Waals surface area contributed by atoms with Crippen molar-refractivity contribution < 1.29 is 9.53 Å². The first kappa shape index (κ1) is 26.2. The number of alkyl carbamates (subject to hydrolysis) is 1. The molecule has 2 aliphatic heterocycles. The highest BCUT2D eigenvalue weighted by molar-refractivity contribution is 14.0. The quantitative estimate of drug-likeness (QED) is 0.325. The van der Waals surface area contributed by atoms with E-state index in [1.54, 1.807) is 0 Å². The Balaban J connectivity index is 0.00000420. The standard InChI is InChI=1S/C20H40N6O2.HI/c1-7-21-18(22-14-16(2)25-12-10-24(6)11-13-25)26-9-8-17(15-26)23-19(27)28-20(3,4)5;/h16-17H,7-15H2,1-6H3,(H,21,22)(H,23,27);1H. The number of nitrogens with one attached hydrogen (secondary N) is 2. The zero-order valence-corrected chi connectivity index (χ0v) is 21.4. The second-order valence-corrected chi connectivity index (χ2v) is 8.96. The summed E-state index contributed by atoms with van der Waals surface area (Å²) < 4.78 is 5.37. The Bertz CT molecular complexity index is 532. The van der Waals surface area contributed by atoms with E-state index in [1.165, 1.54) is 0 Å². The van der Waals surface area contributed by atoms with Crippen molar-refractivity contribution in [3.05, 3.63) is 0 Å². The lowest BCUT2D eigenvalue weighted by Crippen LogP contribution is -2.49. The van der Waals surface area contributed by atoms with Crippen molar-refractivity contribution in [3.63, 3.8) is 0 Å². The molecule has 0 aromatic rings. The molecule has 8 nitrogen and oxygen atoms in total. The molecule has 2 atom stereocenters. The molecule has 0 spiro atoms. The summed E-state index contributed by atoms with van der Waals surface area (Å²) in [6.07, 6.45) is 0.558. The molecule has 2 unspecified atom stereocenters. The Kier molecular flexibility index (Phi) is 11.0. The highest BCUT2D eigenvalue weighted by atomic mass is 127. The molecule has 2 N–H and O–H groups in total. The number of likely N-dealkylation sites (N-methyl/N-ethyl adjacent to an activating group) is 1. The van der Waals surface area contributed by atoms with Gasteiger partial charge in [0.2, 0.25) is 0 Å². The number of carbonyl (C=O) groups is 1. The van der Waals surface area contributed by atoms with Crippen molar-refractivity contribution in [2.45, 2.75) is 58.7 Å². The molecule has 170 valence electrons. The average molecular weight is 524 g/mol. The van der Waals surface area contributed by atoms with Crippen molar-refractivity contribution in [1.82, 2.24) is 25.3 Å². The maximum atomic E-state index is 12.0. The summed E-state index contributed by atoms with van der Waals surface area (Å²) in [6.45, 7) is 17.7. The fourth-order valence-corrected chi connectivity index (χ4v) is 3.57. The van der Waals surface area contributed by atoms with Crippen molar-refractivity contribution in [2.75, 3.05) is 59.4 Å². The summed E-state index contributed by atoms with van der Waals surface area (Å²) in [5.74, 6) is 0.942. The Morgan fingerprint density at radius 2 is 1.86 bits per heavy atom. The van der Waals surface area contributed by atoms with E-state index >= 15 is 0 Å². The number of ether oxygens (including phenoxy) is 1. The van der Waals surface area contributed by atoms with E-state index in [0.717, 1.165) is 64.7 Å². The molecule has 2 heterocycles. The van der Waals surface area contributed by atoms with E-state index in [0.29, 0.717) is 6.04 Å². The van der Waals surface area contributed by atoms with Gasteiger partial charge in [-0.25, -0.2) is 4.79 Å².